The zero-order chi connectivity index (χ0) is 18.7. The van der Waals surface area contributed by atoms with Crippen molar-refractivity contribution < 1.29 is 16.1 Å². The molecule has 4 atom stereocenters. The second-order valence-electron chi connectivity index (χ2n) is 13.9. The predicted octanol–water partition coefficient (Wildman–Crippen LogP) is 5.74. The van der Waals surface area contributed by atoms with E-state index in [1.807, 2.05) is 12.1 Å². The third kappa shape index (κ3) is 0.227. The average molecular weight is 422 g/mol. The van der Waals surface area contributed by atoms with E-state index in [0.29, 0.717) is 24.4 Å². The van der Waals surface area contributed by atoms with Crippen LogP contribution in [0.1, 0.15) is 11.1 Å². The summed E-state index contributed by atoms with van der Waals surface area (Å²) in [6.07, 6.45) is 1.18. The van der Waals surface area contributed by atoms with Crippen LogP contribution in [0.25, 0.3) is 0 Å². The monoisotopic (exact) mass is 422 g/mol. The molecule has 2 aromatic carbocycles. The molecule has 146 valence electrons. The summed E-state index contributed by atoms with van der Waals surface area (Å²) >= 11 is 0. The minimum absolute atomic E-state index is 0.0340. The number of hydrogen-bond donors (Lipinski definition) is 0. The van der Waals surface area contributed by atoms with Crippen molar-refractivity contribution in [3.05, 3.63) is 71.8 Å². The fraction of sp³-hybridized carbons (Fsp3) is 0.462. The van der Waals surface area contributed by atoms with Crippen LogP contribution in [-0.4, -0.2) is 11.6 Å². The Bertz CT molecular complexity index is 1550. The van der Waals surface area contributed by atoms with E-state index >= 15 is 0 Å². The summed E-state index contributed by atoms with van der Waals surface area (Å²) in [5.41, 5.74) is 2.33. The van der Waals surface area contributed by atoms with Gasteiger partial charge in [-0.25, -0.2) is 0 Å². The third-order valence-electron chi connectivity index (χ3n) is 18.1. The number of ketones is 2. The number of carbonyl (C=O) groups excluding carboxylic acids is 2. The summed E-state index contributed by atoms with van der Waals surface area (Å²) in [7, 11) is 0. The maximum absolute atomic E-state index is 14.2. The van der Waals surface area contributed by atoms with Gasteiger partial charge in [0.25, 0.3) is 0 Å². The van der Waals surface area contributed by atoms with Crippen molar-refractivity contribution in [3.8, 4) is 0 Å². The van der Waals surface area contributed by atoms with Gasteiger partial charge < -0.3 is 0 Å². The molecule has 0 amide bonds. The zero-order valence-electron chi connectivity index (χ0n) is 16.0. The molecule has 0 aromatic heterocycles. The van der Waals surface area contributed by atoms with Gasteiger partial charge in [-0.05, 0) is 0 Å². The molecule has 3 heteroatoms. The van der Waals surface area contributed by atoms with Gasteiger partial charge in [0.05, 0.1) is 0 Å². The Hall–Kier alpha value is -1.70. The fourth-order valence-corrected chi connectivity index (χ4v) is 95.9. The van der Waals surface area contributed by atoms with Crippen LogP contribution in [0.3, 0.4) is 0 Å². The number of hydrogen-bond acceptors (Lipinski definition) is 2. The molecule has 2 nitrogen and oxygen atoms in total. The van der Waals surface area contributed by atoms with Crippen molar-refractivity contribution in [1.29, 1.82) is 0 Å². The van der Waals surface area contributed by atoms with Gasteiger partial charge in [0, 0.05) is 0 Å². The van der Waals surface area contributed by atoms with Crippen LogP contribution in [0.4, 0.5) is 0 Å². The van der Waals surface area contributed by atoms with Gasteiger partial charge in [-0.15, -0.1) is 0 Å². The SMILES string of the molecule is O=C(Cc1ccccc1)[C]12[CH]3[CH]4[CH]5[C]1(C(=O)Cc1ccccc1)[Fe]43521678[CH]2[CH]1[CH]6[CH]7[CH]28. The number of rotatable bonds is 6. The Morgan fingerprint density at radius 2 is 1.00 bits per heavy atom. The van der Waals surface area contributed by atoms with Crippen LogP contribution in [0.15, 0.2) is 60.7 Å². The normalized spacial score (nSPS) is 76.8. The van der Waals surface area contributed by atoms with Crippen LogP contribution in [0.2, 0.25) is 47.2 Å². The van der Waals surface area contributed by atoms with Crippen LogP contribution < -0.4 is 0 Å². The molecule has 10 saturated heterocycles. The first-order valence-electron chi connectivity index (χ1n) is 11.3. The first-order valence-corrected chi connectivity index (χ1v) is 17.5. The molecule has 4 unspecified atom stereocenters. The molecule has 1 spiro atoms. The summed E-state index contributed by atoms with van der Waals surface area (Å²) in [6, 6.07) is 20.7. The average Bonchev–Trinajstić information content (AvgIpc) is 3.68. The van der Waals surface area contributed by atoms with E-state index in [1.165, 1.54) is 11.1 Å². The third-order valence-corrected chi connectivity index (χ3v) is 60.9. The summed E-state index contributed by atoms with van der Waals surface area (Å²) in [4.78, 5) is 35.9. The first kappa shape index (κ1) is 12.9. The molecule has 10 heterocycles. The second-order valence-corrected chi connectivity index (χ2v) is 37.1. The van der Waals surface area contributed by atoms with E-state index in [1.54, 1.807) is 0 Å². The van der Waals surface area contributed by atoms with Crippen LogP contribution >= 0.6 is 0 Å². The predicted molar refractivity (Wildman–Crippen MR) is 106 cm³/mol. The molecule has 0 bridgehead atoms. The van der Waals surface area contributed by atoms with Gasteiger partial charge in [-0.3, -0.25) is 0 Å². The standard InChI is InChI=1S/C21H17O2.C5H5.Fe/c22-20(14-16-8-3-1-4-9-16)18-12-7-13-19(18)21(23)15-17-10-5-2-6-11-17;1-2-4-5-3-1;/h1-13H,14-15H2;1-5H;. The summed E-state index contributed by atoms with van der Waals surface area (Å²) in [6.45, 7) is -4.02. The number of benzene rings is 2. The quantitative estimate of drug-likeness (QED) is 0.557. The fourth-order valence-electron chi connectivity index (χ4n) is 20.0. The number of fused-ring (bicyclic) bond motifs is 10. The second kappa shape index (κ2) is 1.58. The van der Waals surface area contributed by atoms with Gasteiger partial charge in [0.1, 0.15) is 0 Å². The molecule has 0 radical (unpaired) electrons. The van der Waals surface area contributed by atoms with E-state index in [2.05, 4.69) is 48.5 Å². The Morgan fingerprint density at radius 3 is 1.31 bits per heavy atom. The first-order chi connectivity index (χ1) is 13.9. The molecule has 10 aliphatic heterocycles. The van der Waals surface area contributed by atoms with Gasteiger partial charge >= 0.3 is 159 Å². The molecule has 29 heavy (non-hydrogen) atoms. The Balaban J connectivity index is 1.13. The van der Waals surface area contributed by atoms with E-state index in [4.69, 9.17) is 0 Å². The van der Waals surface area contributed by atoms with Crippen molar-refractivity contribution in [1.82, 2.24) is 0 Å². The topological polar surface area (TPSA) is 34.1 Å². The van der Waals surface area contributed by atoms with Gasteiger partial charge in [0.15, 0.2) is 0 Å². The molecule has 0 saturated carbocycles. The van der Waals surface area contributed by atoms with E-state index in [0.717, 1.165) is 38.5 Å². The van der Waals surface area contributed by atoms with E-state index in [9.17, 15) is 9.59 Å². The summed E-state index contributed by atoms with van der Waals surface area (Å²) in [5.74, 6) is 1.10. The van der Waals surface area contributed by atoms with Crippen molar-refractivity contribution in [2.45, 2.75) is 60.0 Å². The van der Waals surface area contributed by atoms with Crippen molar-refractivity contribution in [2.75, 3.05) is 0 Å². The van der Waals surface area contributed by atoms with Crippen LogP contribution in [0.5, 0.6) is 0 Å². The Morgan fingerprint density at radius 1 is 0.621 bits per heavy atom. The van der Waals surface area contributed by atoms with Gasteiger partial charge in [-0.1, -0.05) is 0 Å². The molecule has 0 N–H and O–H groups in total. The molecule has 0 aliphatic carbocycles. The molecular formula is C26H22FeO2. The van der Waals surface area contributed by atoms with E-state index in [-0.39, 0.29) is 8.63 Å². The van der Waals surface area contributed by atoms with Gasteiger partial charge in [-0.2, -0.15) is 0 Å². The van der Waals surface area contributed by atoms with Crippen molar-refractivity contribution in [2.24, 2.45) is 0 Å². The molecule has 10 fully saturated rings. The molecule has 12 rings (SSSR count). The van der Waals surface area contributed by atoms with E-state index < -0.39 is 6.51 Å². The number of Topliss-reactive ketones (excluding diaryl/α,β-unsaturated/α-hetero) is 2. The Kier molecular flexibility index (Phi) is 0.700. The summed E-state index contributed by atoms with van der Waals surface area (Å²) < 4.78 is -0.0679. The minimum atomic E-state index is -4.02. The van der Waals surface area contributed by atoms with Crippen LogP contribution in [-0.2, 0) is 28.9 Å². The van der Waals surface area contributed by atoms with Crippen molar-refractivity contribution in [3.63, 3.8) is 0 Å². The summed E-state index contributed by atoms with van der Waals surface area (Å²) in [5, 5.41) is 0. The number of carbonyl (C=O) groups is 2. The van der Waals surface area contributed by atoms with Gasteiger partial charge in [0.2, 0.25) is 0 Å². The molecule has 10 aliphatic rings. The zero-order valence-corrected chi connectivity index (χ0v) is 17.1. The molecule has 2 aromatic rings. The van der Waals surface area contributed by atoms with Crippen LogP contribution in [0, 0.1) is 0 Å². The maximum atomic E-state index is 14.2. The Labute approximate surface area is 159 Å². The molecular weight excluding hydrogens is 400 g/mol. The van der Waals surface area contributed by atoms with Crippen molar-refractivity contribution >= 4 is 11.6 Å².